The lowest BCUT2D eigenvalue weighted by Gasteiger charge is -2.15. The summed E-state index contributed by atoms with van der Waals surface area (Å²) in [5, 5.41) is 5.82. The number of para-hydroxylation sites is 3. The Kier molecular flexibility index (Phi) is 5.20. The molecule has 0 amide bonds. The summed E-state index contributed by atoms with van der Waals surface area (Å²) < 4.78 is 32.5. The van der Waals surface area contributed by atoms with Gasteiger partial charge in [0.1, 0.15) is 17.4 Å². The molecule has 0 unspecified atom stereocenters. The smallest absolute Gasteiger partial charge is 0.175 e. The number of nitrogens with one attached hydrogen (secondary N) is 2. The van der Waals surface area contributed by atoms with Crippen LogP contribution in [0.1, 0.15) is 0 Å². The Hall–Kier alpha value is -2.99. The molecule has 126 valence electrons. The summed E-state index contributed by atoms with van der Waals surface area (Å²) in [5.41, 5.74) is 0.701. The van der Waals surface area contributed by atoms with Gasteiger partial charge < -0.3 is 15.4 Å². The monoisotopic (exact) mass is 356 g/mol. The second-order valence-corrected chi connectivity index (χ2v) is 5.52. The fourth-order valence-corrected chi connectivity index (χ4v) is 2.36. The number of ether oxygens (including phenoxy) is 1. The highest BCUT2D eigenvalue weighted by Crippen LogP contribution is 2.29. The third-order valence-electron chi connectivity index (χ3n) is 3.29. The van der Waals surface area contributed by atoms with Crippen molar-refractivity contribution in [2.45, 2.75) is 0 Å². The van der Waals surface area contributed by atoms with E-state index in [2.05, 4.69) is 10.6 Å². The lowest BCUT2D eigenvalue weighted by molar-refractivity contribution is 0.485. The van der Waals surface area contributed by atoms with Crippen molar-refractivity contribution in [1.29, 1.82) is 0 Å². The number of hydrogen-bond donors (Lipinski definition) is 2. The number of halogens is 2. The lowest BCUT2D eigenvalue weighted by Crippen LogP contribution is -2.20. The van der Waals surface area contributed by atoms with Crippen LogP contribution in [0.25, 0.3) is 0 Å². The first-order valence-electron chi connectivity index (χ1n) is 7.47. The molecule has 2 N–H and O–H groups in total. The average Bonchev–Trinajstić information content (AvgIpc) is 2.60. The van der Waals surface area contributed by atoms with Gasteiger partial charge in [-0.25, -0.2) is 8.78 Å². The minimum atomic E-state index is -0.724. The van der Waals surface area contributed by atoms with Gasteiger partial charge in [-0.2, -0.15) is 0 Å². The molecule has 0 aliphatic heterocycles. The van der Waals surface area contributed by atoms with E-state index >= 15 is 0 Å². The normalized spacial score (nSPS) is 10.2. The van der Waals surface area contributed by atoms with E-state index < -0.39 is 11.6 Å². The molecular formula is C19H14F2N2OS. The quantitative estimate of drug-likeness (QED) is 0.599. The van der Waals surface area contributed by atoms with Crippen LogP contribution in [0.3, 0.4) is 0 Å². The van der Waals surface area contributed by atoms with Crippen LogP contribution in [-0.4, -0.2) is 5.11 Å². The third kappa shape index (κ3) is 4.51. The predicted molar refractivity (Wildman–Crippen MR) is 99.2 cm³/mol. The van der Waals surface area contributed by atoms with Gasteiger partial charge in [0.05, 0.1) is 11.4 Å². The van der Waals surface area contributed by atoms with E-state index in [9.17, 15) is 8.78 Å². The van der Waals surface area contributed by atoms with Gasteiger partial charge in [0.15, 0.2) is 10.9 Å². The Bertz CT molecular complexity index is 888. The summed E-state index contributed by atoms with van der Waals surface area (Å²) in [7, 11) is 0. The van der Waals surface area contributed by atoms with Crippen molar-refractivity contribution in [1.82, 2.24) is 0 Å². The zero-order valence-corrected chi connectivity index (χ0v) is 13.8. The minimum absolute atomic E-state index is 0.0837. The van der Waals surface area contributed by atoms with Gasteiger partial charge >= 0.3 is 0 Å². The zero-order valence-electron chi connectivity index (χ0n) is 13.0. The Labute approximate surface area is 149 Å². The molecule has 3 nitrogen and oxygen atoms in total. The van der Waals surface area contributed by atoms with Crippen LogP contribution in [0.5, 0.6) is 11.5 Å². The van der Waals surface area contributed by atoms with Gasteiger partial charge in [-0.15, -0.1) is 0 Å². The molecule has 0 bridgehead atoms. The van der Waals surface area contributed by atoms with Gasteiger partial charge in [0.25, 0.3) is 0 Å². The molecule has 0 aromatic heterocycles. The van der Waals surface area contributed by atoms with Crippen molar-refractivity contribution in [3.8, 4) is 11.5 Å². The lowest BCUT2D eigenvalue weighted by atomic mass is 10.3. The molecule has 0 aliphatic rings. The van der Waals surface area contributed by atoms with Crippen LogP contribution in [0.15, 0.2) is 72.8 Å². The van der Waals surface area contributed by atoms with E-state index in [1.165, 1.54) is 6.07 Å². The maximum Gasteiger partial charge on any atom is 0.175 e. The highest BCUT2D eigenvalue weighted by atomic mass is 32.1. The fraction of sp³-hybridized carbons (Fsp3) is 0. The van der Waals surface area contributed by atoms with Crippen molar-refractivity contribution >= 4 is 28.7 Å². The number of thiocarbonyl (C=S) groups is 1. The van der Waals surface area contributed by atoms with E-state index in [0.717, 1.165) is 12.1 Å². The van der Waals surface area contributed by atoms with E-state index in [1.54, 1.807) is 12.1 Å². The molecule has 25 heavy (non-hydrogen) atoms. The van der Waals surface area contributed by atoms with Crippen LogP contribution in [0, 0.1) is 11.6 Å². The van der Waals surface area contributed by atoms with E-state index in [0.29, 0.717) is 17.2 Å². The maximum absolute atomic E-state index is 13.7. The highest BCUT2D eigenvalue weighted by Gasteiger charge is 2.09. The summed E-state index contributed by atoms with van der Waals surface area (Å²) in [6, 6.07) is 19.8. The number of rotatable bonds is 4. The topological polar surface area (TPSA) is 33.3 Å². The summed E-state index contributed by atoms with van der Waals surface area (Å²) in [6.45, 7) is 0. The van der Waals surface area contributed by atoms with E-state index in [1.807, 2.05) is 42.5 Å². The molecule has 0 spiro atoms. The second-order valence-electron chi connectivity index (χ2n) is 5.11. The third-order valence-corrected chi connectivity index (χ3v) is 3.49. The summed E-state index contributed by atoms with van der Waals surface area (Å²) >= 11 is 5.20. The second kappa shape index (κ2) is 7.72. The summed E-state index contributed by atoms with van der Waals surface area (Å²) in [4.78, 5) is 0. The van der Waals surface area contributed by atoms with Gasteiger partial charge in [0, 0.05) is 6.07 Å². The van der Waals surface area contributed by atoms with Gasteiger partial charge in [-0.3, -0.25) is 0 Å². The summed E-state index contributed by atoms with van der Waals surface area (Å²) in [5.74, 6) is -0.126. The molecule has 0 heterocycles. The van der Waals surface area contributed by atoms with Gasteiger partial charge in [-0.05, 0) is 48.6 Å². The molecule has 0 radical (unpaired) electrons. The Morgan fingerprint density at radius 3 is 2.24 bits per heavy atom. The molecule has 0 aliphatic carbocycles. The van der Waals surface area contributed by atoms with Crippen molar-refractivity contribution in [3.63, 3.8) is 0 Å². The average molecular weight is 356 g/mol. The number of anilines is 2. The van der Waals surface area contributed by atoms with Crippen LogP contribution in [0.4, 0.5) is 20.2 Å². The van der Waals surface area contributed by atoms with Crippen LogP contribution < -0.4 is 15.4 Å². The van der Waals surface area contributed by atoms with E-state index in [4.69, 9.17) is 17.0 Å². The standard InChI is InChI=1S/C19H14F2N2OS/c20-13-10-11-16(15(21)12-13)22-19(25)23-17-8-4-5-9-18(17)24-14-6-2-1-3-7-14/h1-12H,(H2,22,23,25). The van der Waals surface area contributed by atoms with Crippen molar-refractivity contribution in [3.05, 3.63) is 84.4 Å². The molecule has 0 atom stereocenters. The highest BCUT2D eigenvalue weighted by molar-refractivity contribution is 7.80. The first-order valence-corrected chi connectivity index (χ1v) is 7.87. The van der Waals surface area contributed by atoms with Crippen molar-refractivity contribution in [2.24, 2.45) is 0 Å². The largest absolute Gasteiger partial charge is 0.455 e. The predicted octanol–water partition coefficient (Wildman–Crippen LogP) is 5.57. The molecule has 0 saturated carbocycles. The van der Waals surface area contributed by atoms with Crippen molar-refractivity contribution < 1.29 is 13.5 Å². The van der Waals surface area contributed by atoms with Gasteiger partial charge in [-0.1, -0.05) is 30.3 Å². The Morgan fingerprint density at radius 2 is 1.48 bits per heavy atom. The number of hydrogen-bond acceptors (Lipinski definition) is 2. The Balaban J connectivity index is 1.73. The molecule has 3 aromatic rings. The molecule has 0 fully saturated rings. The minimum Gasteiger partial charge on any atom is -0.455 e. The Morgan fingerprint density at radius 1 is 0.800 bits per heavy atom. The molecule has 3 aromatic carbocycles. The number of benzene rings is 3. The SMILES string of the molecule is Fc1ccc(NC(=S)Nc2ccccc2Oc2ccccc2)c(F)c1. The van der Waals surface area contributed by atoms with Crippen LogP contribution in [-0.2, 0) is 0 Å². The first kappa shape index (κ1) is 16.9. The molecule has 6 heteroatoms. The molecule has 3 rings (SSSR count). The van der Waals surface area contributed by atoms with Crippen LogP contribution >= 0.6 is 12.2 Å². The molecule has 0 saturated heterocycles. The summed E-state index contributed by atoms with van der Waals surface area (Å²) in [6.07, 6.45) is 0. The first-order chi connectivity index (χ1) is 12.1. The van der Waals surface area contributed by atoms with Crippen LogP contribution in [0.2, 0.25) is 0 Å². The maximum atomic E-state index is 13.7. The van der Waals surface area contributed by atoms with Crippen molar-refractivity contribution in [2.75, 3.05) is 10.6 Å². The van der Waals surface area contributed by atoms with Gasteiger partial charge in [0.2, 0.25) is 0 Å². The van der Waals surface area contributed by atoms with E-state index in [-0.39, 0.29) is 10.8 Å². The zero-order chi connectivity index (χ0) is 17.6. The molecular weight excluding hydrogens is 342 g/mol. The fourth-order valence-electron chi connectivity index (χ4n) is 2.14.